The average Bonchev–Trinajstić information content (AvgIpc) is 3.08. The fourth-order valence-corrected chi connectivity index (χ4v) is 3.56. The molecule has 1 unspecified atom stereocenters. The van der Waals surface area contributed by atoms with Crippen LogP contribution in [0.4, 0.5) is 5.69 Å². The first kappa shape index (κ1) is 17.9. The zero-order chi connectivity index (χ0) is 19.7. The Morgan fingerprint density at radius 1 is 0.929 bits per heavy atom. The van der Waals surface area contributed by atoms with Crippen molar-refractivity contribution < 1.29 is 9.59 Å². The summed E-state index contributed by atoms with van der Waals surface area (Å²) in [6, 6.07) is 22.7. The van der Waals surface area contributed by atoms with Crippen LogP contribution in [0.25, 0.3) is 11.1 Å². The van der Waals surface area contributed by atoms with E-state index in [2.05, 4.69) is 10.6 Å². The first-order valence-electron chi connectivity index (χ1n) is 9.12. The molecule has 0 saturated carbocycles. The van der Waals surface area contributed by atoms with E-state index in [1.165, 1.54) is 0 Å². The number of rotatable bonds is 4. The SMILES string of the molecule is CN(C)C1NC(=O)c2c(NC(=O)c3ccccc3)ccc(-c3ccccc3)c21. The number of carbonyl (C=O) groups excluding carboxylic acids is 2. The lowest BCUT2D eigenvalue weighted by atomic mass is 9.94. The molecule has 4 rings (SSSR count). The van der Waals surface area contributed by atoms with Gasteiger partial charge in [0.1, 0.15) is 6.17 Å². The molecule has 140 valence electrons. The summed E-state index contributed by atoms with van der Waals surface area (Å²) >= 11 is 0. The minimum Gasteiger partial charge on any atom is -0.332 e. The van der Waals surface area contributed by atoms with Gasteiger partial charge in [0, 0.05) is 11.1 Å². The Balaban J connectivity index is 1.82. The number of nitrogens with one attached hydrogen (secondary N) is 2. The third kappa shape index (κ3) is 3.17. The van der Waals surface area contributed by atoms with Crippen molar-refractivity contribution in [2.45, 2.75) is 6.17 Å². The Labute approximate surface area is 164 Å². The van der Waals surface area contributed by atoms with E-state index in [-0.39, 0.29) is 18.0 Å². The molecular weight excluding hydrogens is 350 g/mol. The molecule has 0 aromatic heterocycles. The Morgan fingerprint density at radius 2 is 1.57 bits per heavy atom. The molecule has 1 heterocycles. The fourth-order valence-electron chi connectivity index (χ4n) is 3.56. The lowest BCUT2D eigenvalue weighted by Gasteiger charge is -2.23. The van der Waals surface area contributed by atoms with Gasteiger partial charge in [-0.3, -0.25) is 14.5 Å². The molecule has 1 aliphatic rings. The summed E-state index contributed by atoms with van der Waals surface area (Å²) in [4.78, 5) is 27.4. The number of hydrogen-bond acceptors (Lipinski definition) is 3. The Kier molecular flexibility index (Phi) is 4.67. The molecule has 1 aliphatic heterocycles. The largest absolute Gasteiger partial charge is 0.332 e. The van der Waals surface area contributed by atoms with Gasteiger partial charge in [0.05, 0.1) is 11.3 Å². The third-order valence-corrected chi connectivity index (χ3v) is 4.90. The number of anilines is 1. The van der Waals surface area contributed by atoms with Crippen molar-refractivity contribution in [2.75, 3.05) is 19.4 Å². The molecule has 0 saturated heterocycles. The van der Waals surface area contributed by atoms with Crippen LogP contribution in [-0.2, 0) is 0 Å². The maximum absolute atomic E-state index is 12.8. The number of hydrogen-bond donors (Lipinski definition) is 2. The molecule has 0 fully saturated rings. The van der Waals surface area contributed by atoms with Crippen molar-refractivity contribution in [1.82, 2.24) is 10.2 Å². The predicted octanol–water partition coefficient (Wildman–Crippen LogP) is 3.91. The molecule has 3 aromatic carbocycles. The molecule has 0 radical (unpaired) electrons. The number of carbonyl (C=O) groups is 2. The van der Waals surface area contributed by atoms with E-state index < -0.39 is 0 Å². The fraction of sp³-hybridized carbons (Fsp3) is 0.130. The number of benzene rings is 3. The highest BCUT2D eigenvalue weighted by Crippen LogP contribution is 2.39. The van der Waals surface area contributed by atoms with Gasteiger partial charge in [-0.1, -0.05) is 54.6 Å². The van der Waals surface area contributed by atoms with Crippen molar-refractivity contribution in [3.05, 3.63) is 89.5 Å². The molecule has 28 heavy (non-hydrogen) atoms. The molecule has 0 spiro atoms. The lowest BCUT2D eigenvalue weighted by molar-refractivity contribution is 0.0925. The standard InChI is InChI=1S/C23H21N3O2/c1-26(2)21-19-17(15-9-5-3-6-10-15)13-14-18(20(19)23(28)25-21)24-22(27)16-11-7-4-8-12-16/h3-14,21H,1-2H3,(H,24,27)(H,25,28). The van der Waals surface area contributed by atoms with Gasteiger partial charge in [0.25, 0.3) is 11.8 Å². The van der Waals surface area contributed by atoms with E-state index in [1.807, 2.05) is 73.6 Å². The Bertz CT molecular complexity index is 1030. The quantitative estimate of drug-likeness (QED) is 0.731. The Hall–Kier alpha value is -3.44. The summed E-state index contributed by atoms with van der Waals surface area (Å²) in [5.74, 6) is -0.425. The third-order valence-electron chi connectivity index (χ3n) is 4.90. The van der Waals surface area contributed by atoms with Crippen LogP contribution in [-0.4, -0.2) is 30.8 Å². The number of nitrogens with zero attached hydrogens (tertiary/aromatic N) is 1. The molecular formula is C23H21N3O2. The topological polar surface area (TPSA) is 61.4 Å². The molecule has 2 amide bonds. The maximum atomic E-state index is 12.8. The first-order valence-corrected chi connectivity index (χ1v) is 9.12. The van der Waals surface area contributed by atoms with Crippen LogP contribution in [0.15, 0.2) is 72.8 Å². The van der Waals surface area contributed by atoms with Crippen LogP contribution < -0.4 is 10.6 Å². The van der Waals surface area contributed by atoms with Gasteiger partial charge in [-0.15, -0.1) is 0 Å². The summed E-state index contributed by atoms with van der Waals surface area (Å²) in [5.41, 5.74) is 4.47. The number of fused-ring (bicyclic) bond motifs is 1. The summed E-state index contributed by atoms with van der Waals surface area (Å²) in [7, 11) is 3.84. The maximum Gasteiger partial charge on any atom is 0.255 e. The van der Waals surface area contributed by atoms with Crippen molar-refractivity contribution in [1.29, 1.82) is 0 Å². The zero-order valence-electron chi connectivity index (χ0n) is 15.8. The van der Waals surface area contributed by atoms with Crippen molar-refractivity contribution in [3.63, 3.8) is 0 Å². The predicted molar refractivity (Wildman–Crippen MR) is 110 cm³/mol. The molecule has 1 atom stereocenters. The van der Waals surface area contributed by atoms with Crippen LogP contribution in [0.2, 0.25) is 0 Å². The van der Waals surface area contributed by atoms with E-state index >= 15 is 0 Å². The van der Waals surface area contributed by atoms with Crippen molar-refractivity contribution >= 4 is 17.5 Å². The summed E-state index contributed by atoms with van der Waals surface area (Å²) in [6.07, 6.45) is -0.258. The van der Waals surface area contributed by atoms with Gasteiger partial charge in [0.15, 0.2) is 0 Å². The highest BCUT2D eigenvalue weighted by molar-refractivity contribution is 6.12. The van der Waals surface area contributed by atoms with Crippen molar-refractivity contribution in [3.8, 4) is 11.1 Å². The van der Waals surface area contributed by atoms with Gasteiger partial charge in [0.2, 0.25) is 0 Å². The first-order chi connectivity index (χ1) is 13.6. The Morgan fingerprint density at radius 3 is 2.21 bits per heavy atom. The van der Waals surface area contributed by atoms with Crippen LogP contribution in [0, 0.1) is 0 Å². The van der Waals surface area contributed by atoms with Gasteiger partial charge in [-0.25, -0.2) is 0 Å². The van der Waals surface area contributed by atoms with E-state index in [9.17, 15) is 9.59 Å². The minimum absolute atomic E-state index is 0.185. The highest BCUT2D eigenvalue weighted by Gasteiger charge is 2.35. The normalized spacial score (nSPS) is 15.2. The van der Waals surface area contributed by atoms with Crippen LogP contribution in [0.5, 0.6) is 0 Å². The summed E-state index contributed by atoms with van der Waals surface area (Å²) in [5, 5.41) is 5.93. The molecule has 5 heteroatoms. The molecule has 2 N–H and O–H groups in total. The lowest BCUT2D eigenvalue weighted by Crippen LogP contribution is -2.30. The monoisotopic (exact) mass is 371 g/mol. The molecule has 0 aliphatic carbocycles. The highest BCUT2D eigenvalue weighted by atomic mass is 16.2. The summed E-state index contributed by atoms with van der Waals surface area (Å²) < 4.78 is 0. The molecule has 0 bridgehead atoms. The van der Waals surface area contributed by atoms with Crippen molar-refractivity contribution in [2.24, 2.45) is 0 Å². The second-order valence-electron chi connectivity index (χ2n) is 6.98. The molecule has 3 aromatic rings. The second kappa shape index (κ2) is 7.29. The van der Waals surface area contributed by atoms with Crippen LogP contribution in [0.1, 0.15) is 32.4 Å². The zero-order valence-corrected chi connectivity index (χ0v) is 15.8. The van der Waals surface area contributed by atoms with E-state index in [0.29, 0.717) is 16.8 Å². The smallest absolute Gasteiger partial charge is 0.255 e. The average molecular weight is 371 g/mol. The van der Waals surface area contributed by atoms with Gasteiger partial charge >= 0.3 is 0 Å². The number of amides is 2. The van der Waals surface area contributed by atoms with E-state index in [4.69, 9.17) is 0 Å². The van der Waals surface area contributed by atoms with E-state index in [1.54, 1.807) is 18.2 Å². The van der Waals surface area contributed by atoms with Crippen LogP contribution in [0.3, 0.4) is 0 Å². The van der Waals surface area contributed by atoms with E-state index in [0.717, 1.165) is 16.7 Å². The van der Waals surface area contributed by atoms with Gasteiger partial charge in [-0.2, -0.15) is 0 Å². The molecule has 5 nitrogen and oxygen atoms in total. The van der Waals surface area contributed by atoms with Gasteiger partial charge in [-0.05, 0) is 43.4 Å². The second-order valence-corrected chi connectivity index (χ2v) is 6.98. The minimum atomic E-state index is -0.258. The summed E-state index contributed by atoms with van der Waals surface area (Å²) in [6.45, 7) is 0. The van der Waals surface area contributed by atoms with Crippen LogP contribution >= 0.6 is 0 Å². The van der Waals surface area contributed by atoms with Gasteiger partial charge < -0.3 is 10.6 Å².